The summed E-state index contributed by atoms with van der Waals surface area (Å²) in [4.78, 5) is 43.4. The Morgan fingerprint density at radius 1 is 0.860 bits per heavy atom. The van der Waals surface area contributed by atoms with Gasteiger partial charge in [-0.1, -0.05) is 80.9 Å². The summed E-state index contributed by atoms with van der Waals surface area (Å²) in [5.41, 5.74) is 2.06. The minimum Gasteiger partial charge on any atom is -0.390 e. The largest absolute Gasteiger partial charge is 0.390 e. The van der Waals surface area contributed by atoms with E-state index in [4.69, 9.17) is 0 Å². The summed E-state index contributed by atoms with van der Waals surface area (Å²) in [7, 11) is 0. The summed E-state index contributed by atoms with van der Waals surface area (Å²) in [5.74, 6) is -1.16. The van der Waals surface area contributed by atoms with E-state index in [0.717, 1.165) is 29.7 Å². The van der Waals surface area contributed by atoms with Gasteiger partial charge in [0.2, 0.25) is 11.8 Å². The van der Waals surface area contributed by atoms with Gasteiger partial charge in [0, 0.05) is 24.7 Å². The summed E-state index contributed by atoms with van der Waals surface area (Å²) >= 11 is 1.55. The number of benzene rings is 2. The maximum absolute atomic E-state index is 13.6. The number of carbonyl (C=O) groups excluding carboxylic acids is 3. The summed E-state index contributed by atoms with van der Waals surface area (Å²) in [6.45, 7) is 3.90. The Bertz CT molecular complexity index is 1270. The van der Waals surface area contributed by atoms with E-state index >= 15 is 0 Å². The lowest BCUT2D eigenvalue weighted by Crippen LogP contribution is -2.57. The normalized spacial score (nSPS) is 14.5. The Morgan fingerprint density at radius 3 is 2.16 bits per heavy atom. The molecule has 0 aliphatic carbocycles. The fourth-order valence-electron chi connectivity index (χ4n) is 4.41. The summed E-state index contributed by atoms with van der Waals surface area (Å²) in [5, 5.41) is 30.9. The lowest BCUT2D eigenvalue weighted by Gasteiger charge is -2.32. The molecule has 1 unspecified atom stereocenters. The fraction of sp³-hybridized carbons (Fsp3) is 0.394. The molecule has 0 aliphatic rings. The lowest BCUT2D eigenvalue weighted by molar-refractivity contribution is -0.132. The second-order valence-electron chi connectivity index (χ2n) is 10.5. The standard InChI is InChI=1S/C33H42N4O5S/c1-3-4-18-43-22-28(37-32(41)26-16-11-17-34-21-26)33(42)36-27(19-24-12-7-5-8-13-24)30(39)29(38)23(2)31(40)35-20-25-14-9-6-10-15-25/h5-17,21,23,27-30,38-39H,3-4,18-20,22H2,1-2H3,(H,35,40)(H,36,42)(H,37,41)/t23-,27+,28?,29-,30-/m1/s1. The third-order valence-corrected chi connectivity index (χ3v) is 8.24. The van der Waals surface area contributed by atoms with Crippen molar-refractivity contribution in [2.75, 3.05) is 11.5 Å². The van der Waals surface area contributed by atoms with E-state index in [0.29, 0.717) is 11.3 Å². The first-order valence-corrected chi connectivity index (χ1v) is 15.8. The van der Waals surface area contributed by atoms with Crippen molar-refractivity contribution < 1.29 is 24.6 Å². The quantitative estimate of drug-likeness (QED) is 0.149. The van der Waals surface area contributed by atoms with Gasteiger partial charge in [0.15, 0.2) is 0 Å². The molecule has 5 N–H and O–H groups in total. The highest BCUT2D eigenvalue weighted by molar-refractivity contribution is 7.99. The Balaban J connectivity index is 1.74. The molecule has 0 fully saturated rings. The van der Waals surface area contributed by atoms with E-state index in [9.17, 15) is 24.6 Å². The fourth-order valence-corrected chi connectivity index (χ4v) is 5.54. The number of hydrogen-bond acceptors (Lipinski definition) is 7. The van der Waals surface area contributed by atoms with Gasteiger partial charge in [-0.15, -0.1) is 0 Å². The zero-order chi connectivity index (χ0) is 31.0. The molecule has 0 spiro atoms. The highest BCUT2D eigenvalue weighted by Gasteiger charge is 2.35. The molecular weight excluding hydrogens is 564 g/mol. The van der Waals surface area contributed by atoms with Crippen LogP contribution >= 0.6 is 11.8 Å². The van der Waals surface area contributed by atoms with Crippen molar-refractivity contribution in [1.29, 1.82) is 0 Å². The van der Waals surface area contributed by atoms with E-state index in [2.05, 4.69) is 27.9 Å². The Kier molecular flexibility index (Phi) is 14.2. The first-order valence-electron chi connectivity index (χ1n) is 14.6. The maximum Gasteiger partial charge on any atom is 0.253 e. The molecule has 0 radical (unpaired) electrons. The molecule has 0 aliphatic heterocycles. The minimum atomic E-state index is -1.47. The zero-order valence-electron chi connectivity index (χ0n) is 24.7. The number of nitrogens with zero attached hydrogens (tertiary/aromatic N) is 1. The van der Waals surface area contributed by atoms with E-state index in [-0.39, 0.29) is 13.0 Å². The molecular formula is C33H42N4O5S. The average molecular weight is 607 g/mol. The van der Waals surface area contributed by atoms with Crippen molar-refractivity contribution in [2.24, 2.45) is 5.92 Å². The summed E-state index contributed by atoms with van der Waals surface area (Å²) < 4.78 is 0. The number of unbranched alkanes of at least 4 members (excludes halogenated alkanes) is 1. The predicted molar refractivity (Wildman–Crippen MR) is 169 cm³/mol. The van der Waals surface area contributed by atoms with Gasteiger partial charge in [0.1, 0.15) is 12.1 Å². The van der Waals surface area contributed by atoms with Crippen molar-refractivity contribution in [1.82, 2.24) is 20.9 Å². The van der Waals surface area contributed by atoms with Crippen molar-refractivity contribution in [2.45, 2.75) is 63.9 Å². The SMILES string of the molecule is CCCCSCC(NC(=O)c1cccnc1)C(=O)N[C@@H](Cc1ccccc1)[C@@H](O)[C@H](O)[C@@H](C)C(=O)NCc1ccccc1. The Hall–Kier alpha value is -3.73. The van der Waals surface area contributed by atoms with Crippen LogP contribution in [0.25, 0.3) is 0 Å². The number of aromatic nitrogens is 1. The number of amides is 3. The molecule has 3 amide bonds. The van der Waals surface area contributed by atoms with Crippen molar-refractivity contribution in [3.63, 3.8) is 0 Å². The summed E-state index contributed by atoms with van der Waals surface area (Å²) in [6, 6.07) is 20.1. The van der Waals surface area contributed by atoms with Crippen LogP contribution in [-0.4, -0.2) is 68.7 Å². The van der Waals surface area contributed by atoms with Gasteiger partial charge < -0.3 is 26.2 Å². The molecule has 1 heterocycles. The van der Waals surface area contributed by atoms with Crippen molar-refractivity contribution in [3.8, 4) is 0 Å². The first-order chi connectivity index (χ1) is 20.8. The second kappa shape index (κ2) is 18.0. The number of pyridine rings is 1. The van der Waals surface area contributed by atoms with Crippen LogP contribution in [0.1, 0.15) is 48.2 Å². The van der Waals surface area contributed by atoms with Crippen LogP contribution in [0.2, 0.25) is 0 Å². The van der Waals surface area contributed by atoms with Crippen LogP contribution in [0, 0.1) is 5.92 Å². The predicted octanol–water partition coefficient (Wildman–Crippen LogP) is 3.12. The van der Waals surface area contributed by atoms with Crippen molar-refractivity contribution >= 4 is 29.5 Å². The molecule has 2 aromatic carbocycles. The van der Waals surface area contributed by atoms with E-state index in [1.165, 1.54) is 13.1 Å². The van der Waals surface area contributed by atoms with E-state index in [1.807, 2.05) is 60.7 Å². The molecule has 0 saturated heterocycles. The number of aliphatic hydroxyl groups is 2. The zero-order valence-corrected chi connectivity index (χ0v) is 25.5. The van der Waals surface area contributed by atoms with Gasteiger partial charge in [-0.3, -0.25) is 19.4 Å². The van der Waals surface area contributed by atoms with Crippen LogP contribution in [0.15, 0.2) is 85.2 Å². The monoisotopic (exact) mass is 606 g/mol. The Morgan fingerprint density at radius 2 is 1.53 bits per heavy atom. The lowest BCUT2D eigenvalue weighted by atomic mass is 9.90. The van der Waals surface area contributed by atoms with Gasteiger partial charge in [-0.05, 0) is 41.9 Å². The highest BCUT2D eigenvalue weighted by atomic mass is 32.2. The molecule has 3 rings (SSSR count). The number of hydrogen-bond donors (Lipinski definition) is 5. The summed E-state index contributed by atoms with van der Waals surface area (Å²) in [6.07, 6.45) is 2.24. The number of thioether (sulfide) groups is 1. The molecule has 0 saturated carbocycles. The van der Waals surface area contributed by atoms with E-state index < -0.39 is 47.9 Å². The first kappa shape index (κ1) is 33.8. The van der Waals surface area contributed by atoms with E-state index in [1.54, 1.807) is 30.1 Å². The molecule has 230 valence electrons. The molecule has 3 aromatic rings. The third-order valence-electron chi connectivity index (χ3n) is 7.10. The van der Waals surface area contributed by atoms with Crippen LogP contribution in [-0.2, 0) is 22.6 Å². The van der Waals surface area contributed by atoms with Gasteiger partial charge in [-0.25, -0.2) is 0 Å². The van der Waals surface area contributed by atoms with Gasteiger partial charge in [0.25, 0.3) is 5.91 Å². The molecule has 1 aromatic heterocycles. The molecule has 5 atom stereocenters. The number of nitrogens with one attached hydrogen (secondary N) is 3. The van der Waals surface area contributed by atoms with Gasteiger partial charge in [-0.2, -0.15) is 11.8 Å². The Labute approximate surface area is 257 Å². The number of carbonyl (C=O) groups is 3. The highest BCUT2D eigenvalue weighted by Crippen LogP contribution is 2.16. The molecule has 43 heavy (non-hydrogen) atoms. The van der Waals surface area contributed by atoms with Gasteiger partial charge >= 0.3 is 0 Å². The molecule has 0 bridgehead atoms. The van der Waals surface area contributed by atoms with Crippen LogP contribution in [0.5, 0.6) is 0 Å². The maximum atomic E-state index is 13.6. The van der Waals surface area contributed by atoms with Gasteiger partial charge in [0.05, 0.1) is 23.6 Å². The average Bonchev–Trinajstić information content (AvgIpc) is 3.04. The third kappa shape index (κ3) is 11.1. The van der Waals surface area contributed by atoms with Crippen LogP contribution in [0.4, 0.5) is 0 Å². The van der Waals surface area contributed by atoms with Crippen LogP contribution in [0.3, 0.4) is 0 Å². The molecule has 9 nitrogen and oxygen atoms in total. The number of rotatable bonds is 17. The van der Waals surface area contributed by atoms with Crippen molar-refractivity contribution in [3.05, 3.63) is 102 Å². The number of aliphatic hydroxyl groups excluding tert-OH is 2. The second-order valence-corrected chi connectivity index (χ2v) is 11.6. The molecule has 10 heteroatoms. The minimum absolute atomic E-state index is 0.204. The topological polar surface area (TPSA) is 141 Å². The van der Waals surface area contributed by atoms with Crippen LogP contribution < -0.4 is 16.0 Å². The smallest absolute Gasteiger partial charge is 0.253 e.